The number of carbonyl (C=O) groups is 2. The number of ether oxygens (including phenoxy) is 1. The van der Waals surface area contributed by atoms with Crippen molar-refractivity contribution in [3.63, 3.8) is 0 Å². The summed E-state index contributed by atoms with van der Waals surface area (Å²) in [5, 5.41) is 1.11. The summed E-state index contributed by atoms with van der Waals surface area (Å²) in [7, 11) is 0. The van der Waals surface area contributed by atoms with Crippen LogP contribution in [0.5, 0.6) is 0 Å². The number of hydrogen-bond acceptors (Lipinski definition) is 3. The molecule has 1 N–H and O–H groups in total. The van der Waals surface area contributed by atoms with Crippen LogP contribution in [-0.4, -0.2) is 23.3 Å². The molecule has 3 aromatic rings. The summed E-state index contributed by atoms with van der Waals surface area (Å²) in [6.07, 6.45) is 2.75. The minimum absolute atomic E-state index is 0.0381. The third kappa shape index (κ3) is 4.64. The number of H-pyrrole nitrogens is 1. The van der Waals surface area contributed by atoms with Gasteiger partial charge in [-0.05, 0) is 29.0 Å². The molecule has 0 saturated heterocycles. The zero-order valence-corrected chi connectivity index (χ0v) is 16.0. The second-order valence-electron chi connectivity index (χ2n) is 7.77. The van der Waals surface area contributed by atoms with Gasteiger partial charge in [0.15, 0.2) is 12.4 Å². The van der Waals surface area contributed by atoms with Crippen molar-refractivity contribution in [1.82, 2.24) is 4.98 Å². The smallest absolute Gasteiger partial charge is 0.306 e. The van der Waals surface area contributed by atoms with Crippen molar-refractivity contribution in [2.75, 3.05) is 6.61 Å². The quantitative estimate of drug-likeness (QED) is 0.504. The van der Waals surface area contributed by atoms with E-state index in [4.69, 9.17) is 4.74 Å². The van der Waals surface area contributed by atoms with Crippen LogP contribution in [0.3, 0.4) is 0 Å². The summed E-state index contributed by atoms with van der Waals surface area (Å²) in [4.78, 5) is 27.4. The molecule has 2 aromatic carbocycles. The number of esters is 1. The molecule has 0 fully saturated rings. The number of ketones is 1. The molecule has 4 nitrogen and oxygen atoms in total. The van der Waals surface area contributed by atoms with E-state index < -0.39 is 0 Å². The van der Waals surface area contributed by atoms with Gasteiger partial charge in [-0.2, -0.15) is 0 Å². The monoisotopic (exact) mass is 363 g/mol. The normalized spacial score (nSPS) is 11.5. The Labute approximate surface area is 159 Å². The lowest BCUT2D eigenvalue weighted by Gasteiger charge is -2.18. The van der Waals surface area contributed by atoms with Gasteiger partial charge in [-0.3, -0.25) is 9.59 Å². The van der Waals surface area contributed by atoms with Crippen LogP contribution in [-0.2, 0) is 21.4 Å². The fraction of sp³-hybridized carbons (Fsp3) is 0.304. The van der Waals surface area contributed by atoms with Crippen LogP contribution >= 0.6 is 0 Å². The van der Waals surface area contributed by atoms with E-state index in [9.17, 15) is 9.59 Å². The molecular formula is C23H25NO3. The zero-order valence-electron chi connectivity index (χ0n) is 16.0. The number of benzene rings is 2. The molecule has 3 rings (SSSR count). The van der Waals surface area contributed by atoms with Crippen LogP contribution in [0, 0.1) is 0 Å². The van der Waals surface area contributed by atoms with Crippen molar-refractivity contribution in [2.24, 2.45) is 0 Å². The highest BCUT2D eigenvalue weighted by Crippen LogP contribution is 2.22. The first-order valence-corrected chi connectivity index (χ1v) is 9.19. The highest BCUT2D eigenvalue weighted by atomic mass is 16.5. The van der Waals surface area contributed by atoms with Gasteiger partial charge in [0.1, 0.15) is 0 Å². The maximum Gasteiger partial charge on any atom is 0.306 e. The van der Waals surface area contributed by atoms with E-state index in [1.165, 1.54) is 0 Å². The average molecular weight is 363 g/mol. The lowest BCUT2D eigenvalue weighted by atomic mass is 9.86. The predicted octanol–water partition coefficient (Wildman–Crippen LogP) is 4.82. The molecule has 1 heterocycles. The first-order chi connectivity index (χ1) is 12.8. The number of rotatable bonds is 6. The molecule has 0 atom stereocenters. The minimum Gasteiger partial charge on any atom is -0.457 e. The van der Waals surface area contributed by atoms with E-state index >= 15 is 0 Å². The number of carbonyl (C=O) groups excluding carboxylic acids is 2. The molecule has 0 aliphatic carbocycles. The topological polar surface area (TPSA) is 59.2 Å². The van der Waals surface area contributed by atoms with E-state index in [2.05, 4.69) is 25.8 Å². The molecule has 0 aliphatic rings. The van der Waals surface area contributed by atoms with E-state index in [1.807, 2.05) is 42.6 Å². The van der Waals surface area contributed by atoms with Gasteiger partial charge in [0.25, 0.3) is 0 Å². The fourth-order valence-corrected chi connectivity index (χ4v) is 3.03. The van der Waals surface area contributed by atoms with Crippen LogP contribution in [0.25, 0.3) is 10.9 Å². The fourth-order valence-electron chi connectivity index (χ4n) is 3.03. The number of fused-ring (bicyclic) bond motifs is 1. The van der Waals surface area contributed by atoms with Gasteiger partial charge in [0.05, 0.1) is 0 Å². The minimum atomic E-state index is -0.361. The summed E-state index contributed by atoms with van der Waals surface area (Å²) in [6, 6.07) is 15.5. The van der Waals surface area contributed by atoms with Crippen LogP contribution in [0.1, 0.15) is 48.7 Å². The van der Waals surface area contributed by atoms with E-state index in [0.29, 0.717) is 12.0 Å². The van der Waals surface area contributed by atoms with Gasteiger partial charge < -0.3 is 9.72 Å². The second kappa shape index (κ2) is 7.78. The van der Waals surface area contributed by atoms with Crippen molar-refractivity contribution >= 4 is 22.7 Å². The Morgan fingerprint density at radius 3 is 2.41 bits per heavy atom. The number of para-hydroxylation sites is 1. The van der Waals surface area contributed by atoms with Gasteiger partial charge in [0.2, 0.25) is 0 Å². The van der Waals surface area contributed by atoms with Gasteiger partial charge in [-0.15, -0.1) is 0 Å². The lowest BCUT2D eigenvalue weighted by molar-refractivity contribution is -0.142. The average Bonchev–Trinajstić information content (AvgIpc) is 3.07. The molecular weight excluding hydrogens is 338 g/mol. The van der Waals surface area contributed by atoms with Crippen LogP contribution in [0.2, 0.25) is 0 Å². The molecule has 0 amide bonds. The summed E-state index contributed by atoms with van der Waals surface area (Å²) in [5.74, 6) is -0.546. The molecule has 0 radical (unpaired) electrons. The number of aromatic amines is 1. The number of hydrogen-bond donors (Lipinski definition) is 1. The standard InChI is InChI=1S/C23H25NO3/c1-23(2,3)18-11-8-16(9-12-18)21(25)15-27-22(26)13-10-17-14-24-20-7-5-4-6-19(17)20/h4-9,11-12,14,24H,10,13,15H2,1-3H3. The van der Waals surface area contributed by atoms with Crippen molar-refractivity contribution in [3.05, 3.63) is 71.4 Å². The third-order valence-corrected chi connectivity index (χ3v) is 4.71. The molecule has 0 spiro atoms. The van der Waals surface area contributed by atoms with Gasteiger partial charge in [-0.1, -0.05) is 63.2 Å². The van der Waals surface area contributed by atoms with Crippen molar-refractivity contribution in [2.45, 2.75) is 39.0 Å². The molecule has 0 unspecified atom stereocenters. The van der Waals surface area contributed by atoms with Crippen molar-refractivity contribution in [3.8, 4) is 0 Å². The Kier molecular flexibility index (Phi) is 5.45. The Morgan fingerprint density at radius 2 is 1.70 bits per heavy atom. The van der Waals surface area contributed by atoms with Gasteiger partial charge in [0, 0.05) is 29.1 Å². The molecule has 0 saturated carbocycles. The van der Waals surface area contributed by atoms with Crippen LogP contribution < -0.4 is 0 Å². The Bertz CT molecular complexity index is 946. The van der Waals surface area contributed by atoms with E-state index in [1.54, 1.807) is 12.1 Å². The Hall–Kier alpha value is -2.88. The Morgan fingerprint density at radius 1 is 1.00 bits per heavy atom. The first kappa shape index (κ1) is 18.9. The molecule has 1 aromatic heterocycles. The first-order valence-electron chi connectivity index (χ1n) is 9.19. The van der Waals surface area contributed by atoms with Crippen LogP contribution in [0.15, 0.2) is 54.7 Å². The molecule has 27 heavy (non-hydrogen) atoms. The molecule has 0 aliphatic heterocycles. The maximum absolute atomic E-state index is 12.2. The zero-order chi connectivity index (χ0) is 19.4. The number of Topliss-reactive ketones (excluding diaryl/α,β-unsaturated/α-hetero) is 1. The summed E-state index contributed by atoms with van der Waals surface area (Å²) >= 11 is 0. The van der Waals surface area contributed by atoms with Crippen molar-refractivity contribution in [1.29, 1.82) is 0 Å². The third-order valence-electron chi connectivity index (χ3n) is 4.71. The number of aromatic nitrogens is 1. The summed E-state index contributed by atoms with van der Waals surface area (Å²) in [6.45, 7) is 6.15. The second-order valence-corrected chi connectivity index (χ2v) is 7.77. The maximum atomic E-state index is 12.2. The van der Waals surface area contributed by atoms with Crippen LogP contribution in [0.4, 0.5) is 0 Å². The number of aryl methyl sites for hydroxylation is 1. The molecule has 140 valence electrons. The highest BCUT2D eigenvalue weighted by molar-refractivity contribution is 5.98. The van der Waals surface area contributed by atoms with Crippen molar-refractivity contribution < 1.29 is 14.3 Å². The predicted molar refractivity (Wildman–Crippen MR) is 107 cm³/mol. The summed E-state index contributed by atoms with van der Waals surface area (Å²) < 4.78 is 5.17. The SMILES string of the molecule is CC(C)(C)c1ccc(C(=O)COC(=O)CCc2c[nH]c3ccccc23)cc1. The molecule has 0 bridgehead atoms. The lowest BCUT2D eigenvalue weighted by Crippen LogP contribution is -2.15. The van der Waals surface area contributed by atoms with Gasteiger partial charge >= 0.3 is 5.97 Å². The van der Waals surface area contributed by atoms with E-state index in [-0.39, 0.29) is 30.2 Å². The molecule has 4 heteroatoms. The summed E-state index contributed by atoms with van der Waals surface area (Å²) in [5.41, 5.74) is 3.89. The van der Waals surface area contributed by atoms with E-state index in [0.717, 1.165) is 22.0 Å². The Balaban J connectivity index is 1.50. The number of nitrogens with one attached hydrogen (secondary N) is 1. The highest BCUT2D eigenvalue weighted by Gasteiger charge is 2.15. The largest absolute Gasteiger partial charge is 0.457 e. The van der Waals surface area contributed by atoms with Gasteiger partial charge in [-0.25, -0.2) is 0 Å².